The SMILES string of the molecule is CCOC(=O)c1ncn2c(C)cc(C(F)(F)F)nc12. The smallest absolute Gasteiger partial charge is 0.433 e. The van der Waals surface area contributed by atoms with E-state index in [9.17, 15) is 18.0 Å². The van der Waals surface area contributed by atoms with E-state index in [1.165, 1.54) is 17.7 Å². The summed E-state index contributed by atoms with van der Waals surface area (Å²) in [6, 6.07) is 0.892. The molecule has 0 aliphatic heterocycles. The lowest BCUT2D eigenvalue weighted by atomic mass is 10.3. The zero-order valence-corrected chi connectivity index (χ0v) is 10.2. The van der Waals surface area contributed by atoms with Crippen LogP contribution in [-0.2, 0) is 10.9 Å². The molecule has 0 saturated heterocycles. The van der Waals surface area contributed by atoms with Crippen LogP contribution >= 0.6 is 0 Å². The fraction of sp³-hybridized carbons (Fsp3) is 0.364. The molecule has 102 valence electrons. The largest absolute Gasteiger partial charge is 0.461 e. The van der Waals surface area contributed by atoms with E-state index in [0.29, 0.717) is 0 Å². The minimum Gasteiger partial charge on any atom is -0.461 e. The van der Waals surface area contributed by atoms with Gasteiger partial charge in [0.2, 0.25) is 0 Å². The summed E-state index contributed by atoms with van der Waals surface area (Å²) in [7, 11) is 0. The second-order valence-corrected chi connectivity index (χ2v) is 3.79. The molecule has 0 saturated carbocycles. The molecule has 2 heterocycles. The quantitative estimate of drug-likeness (QED) is 0.787. The molecule has 0 radical (unpaired) electrons. The van der Waals surface area contributed by atoms with Gasteiger partial charge in [-0.3, -0.25) is 4.40 Å². The highest BCUT2D eigenvalue weighted by molar-refractivity contribution is 5.93. The highest BCUT2D eigenvalue weighted by atomic mass is 19.4. The van der Waals surface area contributed by atoms with Gasteiger partial charge in [-0.15, -0.1) is 0 Å². The van der Waals surface area contributed by atoms with Gasteiger partial charge in [-0.1, -0.05) is 0 Å². The number of aromatic nitrogens is 3. The molecule has 0 aliphatic rings. The maximum atomic E-state index is 12.7. The number of nitrogens with zero attached hydrogens (tertiary/aromatic N) is 3. The van der Waals surface area contributed by atoms with Crippen LogP contribution in [0.5, 0.6) is 0 Å². The molecule has 0 spiro atoms. The summed E-state index contributed by atoms with van der Waals surface area (Å²) in [6.45, 7) is 3.17. The van der Waals surface area contributed by atoms with Crippen LogP contribution in [-0.4, -0.2) is 26.9 Å². The fourth-order valence-electron chi connectivity index (χ4n) is 1.61. The second kappa shape index (κ2) is 4.52. The molecular weight excluding hydrogens is 263 g/mol. The molecule has 2 aromatic heterocycles. The predicted octanol–water partition coefficient (Wildman–Crippen LogP) is 2.23. The molecule has 0 aromatic carbocycles. The molecular formula is C11H10F3N3O2. The van der Waals surface area contributed by atoms with Gasteiger partial charge in [0, 0.05) is 5.69 Å². The van der Waals surface area contributed by atoms with E-state index >= 15 is 0 Å². The molecule has 0 aliphatic carbocycles. The van der Waals surface area contributed by atoms with Crippen LogP contribution in [0.15, 0.2) is 12.4 Å². The summed E-state index contributed by atoms with van der Waals surface area (Å²) in [4.78, 5) is 18.8. The molecule has 5 nitrogen and oxygen atoms in total. The van der Waals surface area contributed by atoms with Crippen molar-refractivity contribution in [3.05, 3.63) is 29.5 Å². The molecule has 2 aromatic rings. The van der Waals surface area contributed by atoms with Gasteiger partial charge in [0.15, 0.2) is 11.3 Å². The van der Waals surface area contributed by atoms with E-state index in [1.807, 2.05) is 0 Å². The van der Waals surface area contributed by atoms with Gasteiger partial charge in [-0.2, -0.15) is 13.2 Å². The van der Waals surface area contributed by atoms with E-state index in [2.05, 4.69) is 9.97 Å². The van der Waals surface area contributed by atoms with Crippen molar-refractivity contribution in [3.63, 3.8) is 0 Å². The summed E-state index contributed by atoms with van der Waals surface area (Å²) < 4.78 is 44.1. The number of alkyl halides is 3. The Morgan fingerprint density at radius 1 is 1.47 bits per heavy atom. The van der Waals surface area contributed by atoms with Gasteiger partial charge in [0.05, 0.1) is 6.61 Å². The second-order valence-electron chi connectivity index (χ2n) is 3.79. The van der Waals surface area contributed by atoms with Crippen molar-refractivity contribution < 1.29 is 22.7 Å². The number of rotatable bonds is 2. The van der Waals surface area contributed by atoms with E-state index in [-0.39, 0.29) is 23.6 Å². The summed E-state index contributed by atoms with van der Waals surface area (Å²) in [5.41, 5.74) is -1.18. The van der Waals surface area contributed by atoms with E-state index in [4.69, 9.17) is 4.74 Å². The number of hydrogen-bond donors (Lipinski definition) is 0. The molecule has 0 unspecified atom stereocenters. The van der Waals surface area contributed by atoms with Gasteiger partial charge in [-0.25, -0.2) is 14.8 Å². The molecule has 0 fully saturated rings. The third-order valence-corrected chi connectivity index (χ3v) is 2.45. The first-order chi connectivity index (χ1) is 8.84. The lowest BCUT2D eigenvalue weighted by Crippen LogP contribution is -2.12. The Labute approximate surface area is 106 Å². The molecule has 0 bridgehead atoms. The van der Waals surface area contributed by atoms with Crippen molar-refractivity contribution in [3.8, 4) is 0 Å². The fourth-order valence-corrected chi connectivity index (χ4v) is 1.61. The Balaban J connectivity index is 2.63. The van der Waals surface area contributed by atoms with E-state index < -0.39 is 17.8 Å². The summed E-state index contributed by atoms with van der Waals surface area (Å²) in [6.07, 6.45) is -3.34. The molecule has 19 heavy (non-hydrogen) atoms. The number of carbonyl (C=O) groups excluding carboxylic acids is 1. The van der Waals surface area contributed by atoms with Gasteiger partial charge >= 0.3 is 12.1 Å². The normalized spacial score (nSPS) is 11.8. The maximum absolute atomic E-state index is 12.7. The van der Waals surface area contributed by atoms with E-state index in [1.54, 1.807) is 6.92 Å². The predicted molar refractivity (Wildman–Crippen MR) is 58.7 cm³/mol. The first-order valence-electron chi connectivity index (χ1n) is 5.43. The monoisotopic (exact) mass is 273 g/mol. The lowest BCUT2D eigenvalue weighted by molar-refractivity contribution is -0.141. The van der Waals surface area contributed by atoms with Crippen LogP contribution in [0.3, 0.4) is 0 Å². The van der Waals surface area contributed by atoms with Gasteiger partial charge in [-0.05, 0) is 19.9 Å². The topological polar surface area (TPSA) is 56.5 Å². The first-order valence-corrected chi connectivity index (χ1v) is 5.43. The summed E-state index contributed by atoms with van der Waals surface area (Å²) in [5.74, 6) is -0.795. The maximum Gasteiger partial charge on any atom is 0.433 e. The van der Waals surface area contributed by atoms with Crippen molar-refractivity contribution >= 4 is 11.6 Å². The van der Waals surface area contributed by atoms with Crippen LogP contribution in [0.4, 0.5) is 13.2 Å². The number of fused-ring (bicyclic) bond motifs is 1. The van der Waals surface area contributed by atoms with Crippen LogP contribution in [0.25, 0.3) is 5.65 Å². The summed E-state index contributed by atoms with van der Waals surface area (Å²) >= 11 is 0. The number of hydrogen-bond acceptors (Lipinski definition) is 4. The molecule has 8 heteroatoms. The van der Waals surface area contributed by atoms with Crippen molar-refractivity contribution in [2.75, 3.05) is 6.61 Å². The standard InChI is InChI=1S/C11H10F3N3O2/c1-3-19-10(18)8-9-16-7(11(12,13)14)4-6(2)17(9)5-15-8/h4-5H,3H2,1-2H3. The third-order valence-electron chi connectivity index (χ3n) is 2.45. The molecule has 0 atom stereocenters. The first kappa shape index (κ1) is 13.3. The highest BCUT2D eigenvalue weighted by Crippen LogP contribution is 2.29. The summed E-state index contributed by atoms with van der Waals surface area (Å²) in [5, 5.41) is 0. The lowest BCUT2D eigenvalue weighted by Gasteiger charge is -2.08. The number of halogens is 3. The van der Waals surface area contributed by atoms with Gasteiger partial charge < -0.3 is 4.74 Å². The molecule has 0 N–H and O–H groups in total. The third kappa shape index (κ3) is 2.38. The average Bonchev–Trinajstić information content (AvgIpc) is 2.72. The molecule has 0 amide bonds. The van der Waals surface area contributed by atoms with Crippen molar-refractivity contribution in [1.29, 1.82) is 0 Å². The van der Waals surface area contributed by atoms with Gasteiger partial charge in [0.1, 0.15) is 12.0 Å². The zero-order valence-electron chi connectivity index (χ0n) is 10.2. The van der Waals surface area contributed by atoms with E-state index in [0.717, 1.165) is 6.07 Å². The van der Waals surface area contributed by atoms with Crippen LogP contribution in [0, 0.1) is 6.92 Å². The Hall–Kier alpha value is -2.12. The Morgan fingerprint density at radius 3 is 2.74 bits per heavy atom. The van der Waals surface area contributed by atoms with Crippen LogP contribution in [0.2, 0.25) is 0 Å². The Kier molecular flexibility index (Phi) is 3.17. The Bertz CT molecular complexity index is 634. The number of aryl methyl sites for hydroxylation is 1. The number of carbonyl (C=O) groups is 1. The van der Waals surface area contributed by atoms with Crippen molar-refractivity contribution in [2.45, 2.75) is 20.0 Å². The Morgan fingerprint density at radius 2 is 2.16 bits per heavy atom. The molecule has 2 rings (SSSR count). The minimum atomic E-state index is -4.58. The van der Waals surface area contributed by atoms with Crippen LogP contribution < -0.4 is 0 Å². The average molecular weight is 273 g/mol. The number of ether oxygens (including phenoxy) is 1. The minimum absolute atomic E-state index is 0.107. The number of esters is 1. The van der Waals surface area contributed by atoms with Gasteiger partial charge in [0.25, 0.3) is 0 Å². The van der Waals surface area contributed by atoms with Crippen molar-refractivity contribution in [1.82, 2.24) is 14.4 Å². The zero-order chi connectivity index (χ0) is 14.2. The van der Waals surface area contributed by atoms with Crippen LogP contribution in [0.1, 0.15) is 28.8 Å². The van der Waals surface area contributed by atoms with Crippen molar-refractivity contribution in [2.24, 2.45) is 0 Å². The number of imidazole rings is 1. The highest BCUT2D eigenvalue weighted by Gasteiger charge is 2.34.